The number of hydrogen-bond donors (Lipinski definition) is 1. The smallest absolute Gasteiger partial charge is 0.245 e. The zero-order valence-corrected chi connectivity index (χ0v) is 9.34. The van der Waals surface area contributed by atoms with Gasteiger partial charge >= 0.3 is 0 Å². The Morgan fingerprint density at radius 2 is 1.81 bits per heavy atom. The van der Waals surface area contributed by atoms with E-state index in [2.05, 4.69) is 25.4 Å². The zero-order valence-electron chi connectivity index (χ0n) is 9.34. The van der Waals surface area contributed by atoms with E-state index in [1.54, 1.807) is 12.4 Å². The van der Waals surface area contributed by atoms with Crippen molar-refractivity contribution >= 4 is 5.95 Å². The SMILES string of the molecule is c1cnc(N(C2CCNCC2)C2CC2)nn1. The molecule has 0 radical (unpaired) electrons. The maximum absolute atomic E-state index is 4.35. The maximum Gasteiger partial charge on any atom is 0.245 e. The predicted molar refractivity (Wildman–Crippen MR) is 61.2 cm³/mol. The summed E-state index contributed by atoms with van der Waals surface area (Å²) in [5, 5.41) is 11.5. The van der Waals surface area contributed by atoms with Gasteiger partial charge in [0.15, 0.2) is 0 Å². The van der Waals surface area contributed by atoms with Crippen LogP contribution in [0.25, 0.3) is 0 Å². The Labute approximate surface area is 95.3 Å². The van der Waals surface area contributed by atoms with Crippen LogP contribution in [0.1, 0.15) is 25.7 Å². The van der Waals surface area contributed by atoms with Crippen LogP contribution in [0.4, 0.5) is 5.95 Å². The molecule has 1 aromatic rings. The van der Waals surface area contributed by atoms with Gasteiger partial charge < -0.3 is 10.2 Å². The Morgan fingerprint density at radius 3 is 2.44 bits per heavy atom. The van der Waals surface area contributed by atoms with Crippen molar-refractivity contribution in [3.05, 3.63) is 12.4 Å². The second-order valence-corrected chi connectivity index (χ2v) is 4.56. The molecule has 5 nitrogen and oxygen atoms in total. The van der Waals surface area contributed by atoms with Crippen LogP contribution in [0.15, 0.2) is 12.4 Å². The second kappa shape index (κ2) is 4.33. The Bertz CT molecular complexity index is 331. The molecule has 86 valence electrons. The molecule has 1 saturated carbocycles. The molecule has 0 bridgehead atoms. The highest BCUT2D eigenvalue weighted by Crippen LogP contribution is 2.33. The molecule has 1 N–H and O–H groups in total. The number of piperidine rings is 1. The van der Waals surface area contributed by atoms with Gasteiger partial charge in [-0.2, -0.15) is 5.10 Å². The minimum atomic E-state index is 0.595. The van der Waals surface area contributed by atoms with E-state index in [0.717, 1.165) is 19.0 Å². The normalized spacial score (nSPS) is 22.0. The molecule has 0 spiro atoms. The lowest BCUT2D eigenvalue weighted by Crippen LogP contribution is -2.45. The van der Waals surface area contributed by atoms with E-state index < -0.39 is 0 Å². The highest BCUT2D eigenvalue weighted by Gasteiger charge is 2.36. The molecular weight excluding hydrogens is 202 g/mol. The number of rotatable bonds is 3. The van der Waals surface area contributed by atoms with Crippen LogP contribution in [0.2, 0.25) is 0 Å². The van der Waals surface area contributed by atoms with Gasteiger partial charge in [-0.25, -0.2) is 4.98 Å². The van der Waals surface area contributed by atoms with Crippen LogP contribution in [0.3, 0.4) is 0 Å². The first-order chi connectivity index (χ1) is 7.95. The van der Waals surface area contributed by atoms with Crippen LogP contribution in [-0.2, 0) is 0 Å². The molecule has 1 aromatic heterocycles. The number of aromatic nitrogens is 3. The van der Waals surface area contributed by atoms with Gasteiger partial charge in [-0.1, -0.05) is 0 Å². The summed E-state index contributed by atoms with van der Waals surface area (Å²) in [5.74, 6) is 0.817. The van der Waals surface area contributed by atoms with Crippen LogP contribution in [0, 0.1) is 0 Å². The van der Waals surface area contributed by atoms with E-state index in [1.165, 1.54) is 25.7 Å². The third-order valence-electron chi connectivity index (χ3n) is 3.34. The quantitative estimate of drug-likeness (QED) is 0.806. The van der Waals surface area contributed by atoms with Gasteiger partial charge in [0.25, 0.3) is 0 Å². The van der Waals surface area contributed by atoms with Crippen molar-refractivity contribution in [2.45, 2.75) is 37.8 Å². The summed E-state index contributed by atoms with van der Waals surface area (Å²) in [6.45, 7) is 2.21. The molecule has 2 fully saturated rings. The van der Waals surface area contributed by atoms with Crippen LogP contribution < -0.4 is 10.2 Å². The fourth-order valence-electron chi connectivity index (χ4n) is 2.42. The summed E-state index contributed by atoms with van der Waals surface area (Å²) in [4.78, 5) is 6.74. The minimum absolute atomic E-state index is 0.595. The lowest BCUT2D eigenvalue weighted by molar-refractivity contribution is 0.422. The number of anilines is 1. The average Bonchev–Trinajstić information content (AvgIpc) is 3.17. The molecule has 1 saturated heterocycles. The van der Waals surface area contributed by atoms with Crippen molar-refractivity contribution in [1.82, 2.24) is 20.5 Å². The summed E-state index contributed by atoms with van der Waals surface area (Å²) >= 11 is 0. The molecule has 0 unspecified atom stereocenters. The summed E-state index contributed by atoms with van der Waals surface area (Å²) < 4.78 is 0. The fourth-order valence-corrected chi connectivity index (χ4v) is 2.42. The summed E-state index contributed by atoms with van der Waals surface area (Å²) in [5.41, 5.74) is 0. The third kappa shape index (κ3) is 2.00. The Morgan fingerprint density at radius 1 is 1.06 bits per heavy atom. The number of nitrogens with one attached hydrogen (secondary N) is 1. The summed E-state index contributed by atoms with van der Waals surface area (Å²) in [6.07, 6.45) is 8.31. The molecule has 0 amide bonds. The van der Waals surface area contributed by atoms with E-state index >= 15 is 0 Å². The van der Waals surface area contributed by atoms with E-state index in [9.17, 15) is 0 Å². The first kappa shape index (κ1) is 9.96. The highest BCUT2D eigenvalue weighted by molar-refractivity contribution is 5.34. The molecule has 1 aliphatic carbocycles. The van der Waals surface area contributed by atoms with Crippen LogP contribution in [-0.4, -0.2) is 40.4 Å². The van der Waals surface area contributed by atoms with E-state index in [-0.39, 0.29) is 0 Å². The predicted octanol–water partition coefficient (Wildman–Crippen LogP) is 0.592. The van der Waals surface area contributed by atoms with Crippen molar-refractivity contribution < 1.29 is 0 Å². The van der Waals surface area contributed by atoms with Gasteiger partial charge in [-0.05, 0) is 38.8 Å². The Kier molecular flexibility index (Phi) is 2.70. The molecule has 2 heterocycles. The highest BCUT2D eigenvalue weighted by atomic mass is 15.4. The number of hydrogen-bond acceptors (Lipinski definition) is 5. The summed E-state index contributed by atoms with van der Waals surface area (Å²) in [7, 11) is 0. The molecular formula is C11H17N5. The Balaban J connectivity index is 1.80. The van der Waals surface area contributed by atoms with Crippen LogP contribution in [0.5, 0.6) is 0 Å². The molecule has 16 heavy (non-hydrogen) atoms. The minimum Gasteiger partial charge on any atom is -0.333 e. The van der Waals surface area contributed by atoms with E-state index in [0.29, 0.717) is 12.1 Å². The maximum atomic E-state index is 4.35. The molecule has 1 aliphatic heterocycles. The average molecular weight is 219 g/mol. The summed E-state index contributed by atoms with van der Waals surface area (Å²) in [6, 6.07) is 1.25. The standard InChI is InChI=1S/C11H17N5/c1-2-9(1)16(10-3-5-12-6-4-10)11-13-7-8-14-15-11/h7-10,12H,1-6H2. The monoisotopic (exact) mass is 219 g/mol. The van der Waals surface area contributed by atoms with Crippen molar-refractivity contribution in [1.29, 1.82) is 0 Å². The zero-order chi connectivity index (χ0) is 10.8. The van der Waals surface area contributed by atoms with Gasteiger partial charge in [0.2, 0.25) is 5.95 Å². The van der Waals surface area contributed by atoms with Crippen molar-refractivity contribution in [3.63, 3.8) is 0 Å². The van der Waals surface area contributed by atoms with Gasteiger partial charge in [-0.3, -0.25) is 0 Å². The van der Waals surface area contributed by atoms with Crippen molar-refractivity contribution in [2.75, 3.05) is 18.0 Å². The van der Waals surface area contributed by atoms with Crippen LogP contribution >= 0.6 is 0 Å². The molecule has 3 rings (SSSR count). The first-order valence-corrected chi connectivity index (χ1v) is 6.08. The lowest BCUT2D eigenvalue weighted by Gasteiger charge is -2.34. The second-order valence-electron chi connectivity index (χ2n) is 4.56. The van der Waals surface area contributed by atoms with Gasteiger partial charge in [0.05, 0.1) is 12.4 Å². The molecule has 0 aromatic carbocycles. The Hall–Kier alpha value is -1.23. The molecule has 0 atom stereocenters. The topological polar surface area (TPSA) is 53.9 Å². The lowest BCUT2D eigenvalue weighted by atomic mass is 10.1. The van der Waals surface area contributed by atoms with E-state index in [1.807, 2.05) is 0 Å². The fraction of sp³-hybridized carbons (Fsp3) is 0.727. The largest absolute Gasteiger partial charge is 0.333 e. The van der Waals surface area contributed by atoms with Gasteiger partial charge in [0.1, 0.15) is 0 Å². The number of nitrogens with zero attached hydrogens (tertiary/aromatic N) is 4. The first-order valence-electron chi connectivity index (χ1n) is 6.08. The van der Waals surface area contributed by atoms with Gasteiger partial charge in [0, 0.05) is 12.1 Å². The van der Waals surface area contributed by atoms with Crippen molar-refractivity contribution in [3.8, 4) is 0 Å². The molecule has 2 aliphatic rings. The van der Waals surface area contributed by atoms with E-state index in [4.69, 9.17) is 0 Å². The van der Waals surface area contributed by atoms with Crippen molar-refractivity contribution in [2.24, 2.45) is 0 Å². The van der Waals surface area contributed by atoms with Gasteiger partial charge in [-0.15, -0.1) is 5.10 Å². The molecule has 5 heteroatoms. The third-order valence-corrected chi connectivity index (χ3v) is 3.34.